The van der Waals surface area contributed by atoms with E-state index in [1.807, 2.05) is 53.4 Å². The van der Waals surface area contributed by atoms with Gasteiger partial charge in [0.1, 0.15) is 0 Å². The normalized spacial score (nSPS) is 14.1. The maximum absolute atomic E-state index is 12.2. The van der Waals surface area contributed by atoms with Crippen molar-refractivity contribution in [3.63, 3.8) is 0 Å². The van der Waals surface area contributed by atoms with E-state index in [2.05, 4.69) is 15.0 Å². The molecule has 1 saturated heterocycles. The van der Waals surface area contributed by atoms with Crippen LogP contribution < -0.4 is 0 Å². The number of aromatic hydroxyl groups is 1. The molecule has 41 heavy (non-hydrogen) atoms. The highest BCUT2D eigenvalue weighted by molar-refractivity contribution is 6.22. The third-order valence-electron chi connectivity index (χ3n) is 7.45. The number of rotatable bonds is 8. The number of piperidine rings is 1. The van der Waals surface area contributed by atoms with Gasteiger partial charge >= 0.3 is 0 Å². The summed E-state index contributed by atoms with van der Waals surface area (Å²) in [5.74, 6) is 0.0887. The van der Waals surface area contributed by atoms with E-state index in [9.17, 15) is 20.0 Å². The number of nitrogens with one attached hydrogen (secondary N) is 2. The summed E-state index contributed by atoms with van der Waals surface area (Å²) >= 11 is 0. The molecule has 10 heteroatoms. The first kappa shape index (κ1) is 26.0. The fourth-order valence-corrected chi connectivity index (χ4v) is 5.23. The van der Waals surface area contributed by atoms with E-state index >= 15 is 0 Å². The lowest BCUT2D eigenvalue weighted by atomic mass is 9.98. The number of aromatic amines is 2. The number of fused-ring (bicyclic) bond motifs is 1. The Balaban J connectivity index is 1.38. The number of benzene rings is 3. The Morgan fingerprint density at radius 2 is 1.88 bits per heavy atom. The molecular formula is C31H28N6O4. The number of carbonyl (C=O) groups is 1. The van der Waals surface area contributed by atoms with Crippen LogP contribution in [0.15, 0.2) is 84.2 Å². The number of imidazole rings is 1. The molecule has 2 aromatic heterocycles. The number of carbonyl (C=O) groups excluding carboxylic acids is 1. The summed E-state index contributed by atoms with van der Waals surface area (Å²) in [5, 5.41) is 23.0. The van der Waals surface area contributed by atoms with Crippen LogP contribution in [0.25, 0.3) is 22.2 Å². The zero-order valence-electron chi connectivity index (χ0n) is 22.2. The molecule has 0 unspecified atom stereocenters. The Morgan fingerprint density at radius 3 is 2.59 bits per heavy atom. The van der Waals surface area contributed by atoms with Crippen LogP contribution in [0.2, 0.25) is 0 Å². The largest absolute Gasteiger partial charge is 0.494 e. The lowest BCUT2D eigenvalue weighted by Crippen LogP contribution is -2.36. The highest BCUT2D eigenvalue weighted by atomic mass is 16.6. The standard InChI is InChI=1S/C31H28N6O4/c38-28-3-1-2-15-36(28)16-14-20-4-6-22(7-5-20)30(34-23-10-8-21(9-11-23)27-18-32-19-33-27)29-25-17-24(37(40)41)12-13-26(25)35-31(29)39/h4-13,17-19,35,39H,1-3,14-16H2,(H,32,33). The number of nitro groups is 1. The second-order valence-electron chi connectivity index (χ2n) is 10.1. The third kappa shape index (κ3) is 5.44. The number of nitro benzene ring substituents is 1. The number of nitrogens with zero attached hydrogens (tertiary/aromatic N) is 4. The summed E-state index contributed by atoms with van der Waals surface area (Å²) in [6.07, 6.45) is 6.71. The van der Waals surface area contributed by atoms with Crippen molar-refractivity contribution in [2.45, 2.75) is 25.7 Å². The van der Waals surface area contributed by atoms with E-state index < -0.39 is 4.92 Å². The van der Waals surface area contributed by atoms with Crippen LogP contribution >= 0.6 is 0 Å². The Bertz CT molecular complexity index is 1740. The molecule has 0 spiro atoms. The predicted octanol–water partition coefficient (Wildman–Crippen LogP) is 5.90. The molecule has 1 aliphatic rings. The average Bonchev–Trinajstić information content (AvgIpc) is 3.64. The first-order valence-corrected chi connectivity index (χ1v) is 13.5. The molecule has 0 atom stereocenters. The average molecular weight is 549 g/mol. The SMILES string of the molecule is O=C1CCCCN1CCc1ccc(C(=Nc2ccc(-c3cnc[nH]3)cc2)c2c(O)[nH]c3ccc([N+](=O)[O-])cc23)cc1. The van der Waals surface area contributed by atoms with Crippen LogP contribution in [0.5, 0.6) is 5.88 Å². The molecule has 0 aliphatic carbocycles. The van der Waals surface area contributed by atoms with Crippen molar-refractivity contribution in [1.82, 2.24) is 19.9 Å². The second kappa shape index (κ2) is 11.1. The molecule has 1 amide bonds. The molecule has 1 aliphatic heterocycles. The van der Waals surface area contributed by atoms with Gasteiger partial charge < -0.3 is 20.0 Å². The summed E-state index contributed by atoms with van der Waals surface area (Å²) < 4.78 is 0. The van der Waals surface area contributed by atoms with Crippen molar-refractivity contribution >= 4 is 33.9 Å². The molecule has 0 saturated carbocycles. The maximum atomic E-state index is 12.2. The van der Waals surface area contributed by atoms with Crippen LogP contribution in [0.3, 0.4) is 0 Å². The van der Waals surface area contributed by atoms with E-state index in [0.29, 0.717) is 40.8 Å². The minimum absolute atomic E-state index is 0.0800. The van der Waals surface area contributed by atoms with E-state index in [4.69, 9.17) is 4.99 Å². The number of non-ortho nitro benzene ring substituents is 1. The number of amides is 1. The van der Waals surface area contributed by atoms with Gasteiger partial charge in [0.05, 0.1) is 40.1 Å². The fraction of sp³-hybridized carbons (Fsp3) is 0.194. The van der Waals surface area contributed by atoms with Crippen LogP contribution in [-0.4, -0.2) is 54.6 Å². The van der Waals surface area contributed by atoms with Gasteiger partial charge in [-0.25, -0.2) is 9.98 Å². The van der Waals surface area contributed by atoms with Gasteiger partial charge in [-0.05, 0) is 48.6 Å². The summed E-state index contributed by atoms with van der Waals surface area (Å²) in [5.41, 5.74) is 5.63. The molecule has 10 nitrogen and oxygen atoms in total. The fourth-order valence-electron chi connectivity index (χ4n) is 5.23. The molecule has 0 radical (unpaired) electrons. The molecule has 3 aromatic carbocycles. The highest BCUT2D eigenvalue weighted by Crippen LogP contribution is 2.34. The number of H-pyrrole nitrogens is 2. The molecule has 6 rings (SSSR count). The van der Waals surface area contributed by atoms with Gasteiger partial charge in [-0.2, -0.15) is 0 Å². The Labute approximate surface area is 235 Å². The zero-order chi connectivity index (χ0) is 28.3. The Hall–Kier alpha value is -5.25. The molecule has 5 aromatic rings. The number of aromatic nitrogens is 3. The monoisotopic (exact) mass is 548 g/mol. The summed E-state index contributed by atoms with van der Waals surface area (Å²) in [4.78, 5) is 40.2. The van der Waals surface area contributed by atoms with E-state index in [1.165, 1.54) is 12.1 Å². The van der Waals surface area contributed by atoms with Gasteiger partial charge in [-0.15, -0.1) is 0 Å². The van der Waals surface area contributed by atoms with Gasteiger partial charge in [0.2, 0.25) is 5.91 Å². The number of aliphatic imine (C=N–C) groups is 1. The molecule has 3 N–H and O–H groups in total. The van der Waals surface area contributed by atoms with Crippen LogP contribution in [0, 0.1) is 10.1 Å². The third-order valence-corrected chi connectivity index (χ3v) is 7.45. The molecule has 3 heterocycles. The molecule has 0 bridgehead atoms. The quantitative estimate of drug-likeness (QED) is 0.126. The van der Waals surface area contributed by atoms with Crippen LogP contribution in [-0.2, 0) is 11.2 Å². The number of hydrogen-bond donors (Lipinski definition) is 3. The van der Waals surface area contributed by atoms with Crippen molar-refractivity contribution in [2.24, 2.45) is 4.99 Å². The van der Waals surface area contributed by atoms with E-state index in [-0.39, 0.29) is 17.5 Å². The summed E-state index contributed by atoms with van der Waals surface area (Å²) in [7, 11) is 0. The molecule has 206 valence electrons. The number of likely N-dealkylation sites (tertiary alicyclic amines) is 1. The van der Waals surface area contributed by atoms with Gasteiger partial charge in [-0.1, -0.05) is 36.4 Å². The van der Waals surface area contributed by atoms with Gasteiger partial charge in [0.25, 0.3) is 5.69 Å². The van der Waals surface area contributed by atoms with Crippen molar-refractivity contribution < 1.29 is 14.8 Å². The highest BCUT2D eigenvalue weighted by Gasteiger charge is 2.22. The van der Waals surface area contributed by atoms with Gasteiger partial charge in [-0.3, -0.25) is 14.9 Å². The lowest BCUT2D eigenvalue weighted by molar-refractivity contribution is -0.384. The lowest BCUT2D eigenvalue weighted by Gasteiger charge is -2.26. The van der Waals surface area contributed by atoms with Crippen molar-refractivity contribution in [3.8, 4) is 17.1 Å². The second-order valence-corrected chi connectivity index (χ2v) is 10.1. The van der Waals surface area contributed by atoms with Crippen molar-refractivity contribution in [3.05, 3.63) is 106 Å². The Kier molecular flexibility index (Phi) is 7.03. The summed E-state index contributed by atoms with van der Waals surface area (Å²) in [6, 6.07) is 19.9. The van der Waals surface area contributed by atoms with Crippen molar-refractivity contribution in [1.29, 1.82) is 0 Å². The van der Waals surface area contributed by atoms with Gasteiger partial charge in [0.15, 0.2) is 5.88 Å². The van der Waals surface area contributed by atoms with Gasteiger partial charge in [0, 0.05) is 48.1 Å². The molecule has 1 fully saturated rings. The first-order valence-electron chi connectivity index (χ1n) is 13.5. The van der Waals surface area contributed by atoms with Crippen LogP contribution in [0.1, 0.15) is 36.0 Å². The zero-order valence-corrected chi connectivity index (χ0v) is 22.2. The maximum Gasteiger partial charge on any atom is 0.270 e. The minimum Gasteiger partial charge on any atom is -0.494 e. The topological polar surface area (TPSA) is 141 Å². The van der Waals surface area contributed by atoms with E-state index in [0.717, 1.165) is 48.2 Å². The van der Waals surface area contributed by atoms with E-state index in [1.54, 1.807) is 18.6 Å². The van der Waals surface area contributed by atoms with Crippen molar-refractivity contribution in [2.75, 3.05) is 13.1 Å². The van der Waals surface area contributed by atoms with Crippen LogP contribution in [0.4, 0.5) is 11.4 Å². The molecular weight excluding hydrogens is 520 g/mol. The number of hydrogen-bond acceptors (Lipinski definition) is 6. The summed E-state index contributed by atoms with van der Waals surface area (Å²) in [6.45, 7) is 1.48. The Morgan fingerprint density at radius 1 is 1.07 bits per heavy atom. The smallest absolute Gasteiger partial charge is 0.270 e. The predicted molar refractivity (Wildman–Crippen MR) is 157 cm³/mol. The first-order chi connectivity index (χ1) is 20.0. The minimum atomic E-state index is -0.458.